The minimum absolute atomic E-state index is 0.0257. The van der Waals surface area contributed by atoms with Crippen molar-refractivity contribution >= 4 is 44.2 Å². The maximum absolute atomic E-state index is 13.3. The first kappa shape index (κ1) is 21.2. The fraction of sp³-hybridized carbons (Fsp3) is 0.476. The molecule has 4 rings (SSSR count). The lowest BCUT2D eigenvalue weighted by Gasteiger charge is -2.29. The molecule has 0 radical (unpaired) electrons. The van der Waals surface area contributed by atoms with Gasteiger partial charge in [0.15, 0.2) is 5.13 Å². The van der Waals surface area contributed by atoms with Crippen LogP contribution in [0.15, 0.2) is 18.2 Å². The van der Waals surface area contributed by atoms with E-state index < -0.39 is 0 Å². The molecule has 3 aromatic rings. The molecule has 0 bridgehead atoms. The van der Waals surface area contributed by atoms with Gasteiger partial charge in [-0.25, -0.2) is 4.98 Å². The van der Waals surface area contributed by atoms with Crippen LogP contribution in [-0.2, 0) is 16.1 Å². The summed E-state index contributed by atoms with van der Waals surface area (Å²) >= 11 is 7.88. The maximum atomic E-state index is 13.3. The number of morpholine rings is 1. The molecular weight excluding hydrogens is 422 g/mol. The first-order chi connectivity index (χ1) is 14.4. The van der Waals surface area contributed by atoms with Gasteiger partial charge in [-0.1, -0.05) is 29.0 Å². The highest BCUT2D eigenvalue weighted by Gasteiger charge is 2.23. The Labute approximate surface area is 185 Å². The fourth-order valence-corrected chi connectivity index (χ4v) is 5.01. The number of carbonyl (C=O) groups is 1. The normalized spacial score (nSPS) is 15.1. The number of ether oxygens (including phenoxy) is 1. The van der Waals surface area contributed by atoms with Crippen LogP contribution in [0.1, 0.15) is 17.0 Å². The number of amides is 1. The summed E-state index contributed by atoms with van der Waals surface area (Å²) in [6.45, 7) is 10.7. The molecule has 0 N–H and O–H groups in total. The number of rotatable bonds is 6. The van der Waals surface area contributed by atoms with Crippen molar-refractivity contribution < 1.29 is 9.53 Å². The van der Waals surface area contributed by atoms with Crippen molar-refractivity contribution in [3.05, 3.63) is 40.2 Å². The van der Waals surface area contributed by atoms with Crippen LogP contribution in [0.4, 0.5) is 5.13 Å². The third kappa shape index (κ3) is 4.51. The number of carbonyl (C=O) groups excluding carboxylic acids is 1. The van der Waals surface area contributed by atoms with Crippen LogP contribution in [0.3, 0.4) is 0 Å². The van der Waals surface area contributed by atoms with E-state index in [9.17, 15) is 4.79 Å². The zero-order chi connectivity index (χ0) is 21.3. The Balaban J connectivity index is 1.62. The summed E-state index contributed by atoms with van der Waals surface area (Å²) in [5, 5.41) is 5.80. The quantitative estimate of drug-likeness (QED) is 0.579. The zero-order valence-corrected chi connectivity index (χ0v) is 19.1. The van der Waals surface area contributed by atoms with Gasteiger partial charge in [-0.05, 0) is 38.5 Å². The molecule has 0 aliphatic carbocycles. The van der Waals surface area contributed by atoms with Crippen LogP contribution in [0.2, 0.25) is 5.02 Å². The number of anilines is 1. The molecule has 2 aromatic heterocycles. The van der Waals surface area contributed by atoms with E-state index in [-0.39, 0.29) is 12.5 Å². The molecule has 30 heavy (non-hydrogen) atoms. The number of aryl methyl sites for hydroxylation is 3. The summed E-state index contributed by atoms with van der Waals surface area (Å²) in [6, 6.07) is 5.83. The number of nitrogens with zero attached hydrogens (tertiary/aromatic N) is 5. The molecular formula is C21H26ClN5O2S. The fourth-order valence-electron chi connectivity index (χ4n) is 3.65. The van der Waals surface area contributed by atoms with E-state index in [0.29, 0.717) is 16.7 Å². The molecule has 1 fully saturated rings. The Kier molecular flexibility index (Phi) is 6.38. The molecule has 0 spiro atoms. The number of thiazole rings is 1. The number of hydrogen-bond acceptors (Lipinski definition) is 6. The van der Waals surface area contributed by atoms with Gasteiger partial charge in [0, 0.05) is 31.9 Å². The van der Waals surface area contributed by atoms with Crippen molar-refractivity contribution in [1.82, 2.24) is 19.7 Å². The van der Waals surface area contributed by atoms with E-state index in [1.165, 1.54) is 11.3 Å². The molecule has 1 saturated heterocycles. The molecule has 0 saturated carbocycles. The summed E-state index contributed by atoms with van der Waals surface area (Å²) < 4.78 is 8.11. The summed E-state index contributed by atoms with van der Waals surface area (Å²) in [4.78, 5) is 22.2. The highest BCUT2D eigenvalue weighted by atomic mass is 35.5. The van der Waals surface area contributed by atoms with Crippen molar-refractivity contribution in [2.75, 3.05) is 44.3 Å². The predicted octanol–water partition coefficient (Wildman–Crippen LogP) is 3.44. The second-order valence-corrected chi connectivity index (χ2v) is 9.01. The molecule has 1 aromatic carbocycles. The van der Waals surface area contributed by atoms with Crippen molar-refractivity contribution in [2.45, 2.75) is 27.3 Å². The lowest BCUT2D eigenvalue weighted by Crippen LogP contribution is -2.44. The first-order valence-electron chi connectivity index (χ1n) is 10.1. The molecule has 1 aliphatic heterocycles. The summed E-state index contributed by atoms with van der Waals surface area (Å²) in [5.74, 6) is -0.0257. The van der Waals surface area contributed by atoms with Crippen LogP contribution in [0.25, 0.3) is 10.2 Å². The van der Waals surface area contributed by atoms with Crippen molar-refractivity contribution in [3.63, 3.8) is 0 Å². The lowest BCUT2D eigenvalue weighted by molar-refractivity contribution is -0.119. The van der Waals surface area contributed by atoms with Gasteiger partial charge in [-0.15, -0.1) is 0 Å². The van der Waals surface area contributed by atoms with Crippen LogP contribution < -0.4 is 4.90 Å². The molecule has 1 aliphatic rings. The third-order valence-corrected chi connectivity index (χ3v) is 6.89. The van der Waals surface area contributed by atoms with Crippen molar-refractivity contribution in [1.29, 1.82) is 0 Å². The number of hydrogen-bond donors (Lipinski definition) is 0. The van der Waals surface area contributed by atoms with Gasteiger partial charge in [-0.2, -0.15) is 5.10 Å². The minimum Gasteiger partial charge on any atom is -0.379 e. The molecule has 0 atom stereocenters. The third-order valence-electron chi connectivity index (χ3n) is 5.35. The smallest absolute Gasteiger partial charge is 0.250 e. The maximum Gasteiger partial charge on any atom is 0.250 e. The van der Waals surface area contributed by atoms with Crippen LogP contribution in [-0.4, -0.2) is 65.0 Å². The number of fused-ring (bicyclic) bond motifs is 1. The monoisotopic (exact) mass is 447 g/mol. The Hall–Kier alpha value is -2.00. The predicted molar refractivity (Wildman–Crippen MR) is 121 cm³/mol. The Bertz CT molecular complexity index is 1020. The second kappa shape index (κ2) is 9.01. The second-order valence-electron chi connectivity index (χ2n) is 7.62. The largest absolute Gasteiger partial charge is 0.379 e. The van der Waals surface area contributed by atoms with Gasteiger partial charge >= 0.3 is 0 Å². The highest BCUT2D eigenvalue weighted by molar-refractivity contribution is 7.23. The summed E-state index contributed by atoms with van der Waals surface area (Å²) in [7, 11) is 0. The molecule has 9 heteroatoms. The molecule has 1 amide bonds. The highest BCUT2D eigenvalue weighted by Crippen LogP contribution is 2.35. The van der Waals surface area contributed by atoms with Gasteiger partial charge in [0.2, 0.25) is 0 Å². The summed E-state index contributed by atoms with van der Waals surface area (Å²) in [5.41, 5.74) is 3.79. The Morgan fingerprint density at radius 2 is 2.03 bits per heavy atom. The SMILES string of the molecule is Cc1cc(C)n(CC(=O)N(CCN2CCOCC2)c2nc3c(C)ccc(Cl)c3s2)n1. The molecule has 3 heterocycles. The Morgan fingerprint density at radius 3 is 2.70 bits per heavy atom. The van der Waals surface area contributed by atoms with Gasteiger partial charge in [0.25, 0.3) is 5.91 Å². The van der Waals surface area contributed by atoms with Gasteiger partial charge < -0.3 is 4.74 Å². The van der Waals surface area contributed by atoms with E-state index in [1.807, 2.05) is 39.0 Å². The Morgan fingerprint density at radius 1 is 1.27 bits per heavy atom. The van der Waals surface area contributed by atoms with Gasteiger partial charge in [-0.3, -0.25) is 19.3 Å². The molecule has 7 nitrogen and oxygen atoms in total. The van der Waals surface area contributed by atoms with E-state index in [4.69, 9.17) is 21.3 Å². The standard InChI is InChI=1S/C21H26ClN5O2S/c1-14-4-5-17(22)20-19(14)23-21(30-20)26(7-6-25-8-10-29-11-9-25)18(28)13-27-16(3)12-15(2)24-27/h4-5,12H,6-11,13H2,1-3H3. The van der Waals surface area contributed by atoms with E-state index in [2.05, 4.69) is 10.00 Å². The average Bonchev–Trinajstić information content (AvgIpc) is 3.30. The van der Waals surface area contributed by atoms with Crippen LogP contribution in [0, 0.1) is 20.8 Å². The molecule has 0 unspecified atom stereocenters. The van der Waals surface area contributed by atoms with E-state index >= 15 is 0 Å². The zero-order valence-electron chi connectivity index (χ0n) is 17.5. The van der Waals surface area contributed by atoms with E-state index in [0.717, 1.165) is 60.0 Å². The topological polar surface area (TPSA) is 63.5 Å². The minimum atomic E-state index is -0.0257. The van der Waals surface area contributed by atoms with Gasteiger partial charge in [0.05, 0.1) is 34.1 Å². The number of halogens is 1. The van der Waals surface area contributed by atoms with Gasteiger partial charge in [0.1, 0.15) is 6.54 Å². The summed E-state index contributed by atoms with van der Waals surface area (Å²) in [6.07, 6.45) is 0. The number of aromatic nitrogens is 3. The number of benzene rings is 1. The first-order valence-corrected chi connectivity index (χ1v) is 11.3. The van der Waals surface area contributed by atoms with Crippen molar-refractivity contribution in [3.8, 4) is 0 Å². The average molecular weight is 448 g/mol. The van der Waals surface area contributed by atoms with Crippen LogP contribution >= 0.6 is 22.9 Å². The van der Waals surface area contributed by atoms with Crippen LogP contribution in [0.5, 0.6) is 0 Å². The van der Waals surface area contributed by atoms with Crippen molar-refractivity contribution in [2.24, 2.45) is 0 Å². The molecule has 160 valence electrons. The van der Waals surface area contributed by atoms with E-state index in [1.54, 1.807) is 9.58 Å². The lowest BCUT2D eigenvalue weighted by atomic mass is 10.2.